The van der Waals surface area contributed by atoms with Crippen LogP contribution in [-0.4, -0.2) is 28.6 Å². The van der Waals surface area contributed by atoms with E-state index < -0.39 is 23.6 Å². The van der Waals surface area contributed by atoms with Crippen molar-refractivity contribution in [2.45, 2.75) is 6.42 Å². The Balaban J connectivity index is 1.35. The van der Waals surface area contributed by atoms with Crippen molar-refractivity contribution < 1.29 is 19.2 Å². The Labute approximate surface area is 211 Å². The Bertz CT molecular complexity index is 1700. The highest BCUT2D eigenvalue weighted by atomic mass is 16.2. The number of amides is 4. The van der Waals surface area contributed by atoms with Gasteiger partial charge in [0.1, 0.15) is 5.82 Å². The fourth-order valence-electron chi connectivity index (χ4n) is 5.28. The van der Waals surface area contributed by atoms with Gasteiger partial charge in [-0.25, -0.2) is 14.8 Å². The molecule has 3 aliphatic rings. The first-order valence-electron chi connectivity index (χ1n) is 11.8. The SMILES string of the molecule is O=C1c2ccc3c4c(ccc(c24)C(=O)N1c1ccc(C2=CCC=C2)cc1)C(=O)N(c1ccccn1)C3=O. The lowest BCUT2D eigenvalue weighted by atomic mass is 9.85. The number of carbonyl (C=O) groups excluding carboxylic acids is 4. The molecule has 7 rings (SSSR count). The smallest absolute Gasteiger partial charge is 0.267 e. The lowest BCUT2D eigenvalue weighted by Crippen LogP contribution is -2.43. The van der Waals surface area contributed by atoms with Crippen LogP contribution in [0.5, 0.6) is 0 Å². The van der Waals surface area contributed by atoms with Crippen LogP contribution >= 0.6 is 0 Å². The van der Waals surface area contributed by atoms with E-state index in [-0.39, 0.29) is 28.1 Å². The molecule has 37 heavy (non-hydrogen) atoms. The summed E-state index contributed by atoms with van der Waals surface area (Å²) >= 11 is 0. The molecule has 4 amide bonds. The van der Waals surface area contributed by atoms with E-state index in [1.807, 2.05) is 18.2 Å². The molecular weight excluding hydrogens is 466 g/mol. The second-order valence-electron chi connectivity index (χ2n) is 9.00. The summed E-state index contributed by atoms with van der Waals surface area (Å²) in [4.78, 5) is 60.4. The fraction of sp³-hybridized carbons (Fsp3) is 0.0333. The number of hydrogen-bond donors (Lipinski definition) is 0. The summed E-state index contributed by atoms with van der Waals surface area (Å²) in [6.07, 6.45) is 8.61. The van der Waals surface area contributed by atoms with Crippen LogP contribution in [0.1, 0.15) is 53.4 Å². The molecule has 0 spiro atoms. The van der Waals surface area contributed by atoms with Gasteiger partial charge in [0.05, 0.1) is 5.69 Å². The van der Waals surface area contributed by atoms with Crippen molar-refractivity contribution in [1.29, 1.82) is 0 Å². The third-order valence-corrected chi connectivity index (χ3v) is 7.00. The maximum Gasteiger partial charge on any atom is 0.267 e. The second-order valence-corrected chi connectivity index (χ2v) is 9.00. The summed E-state index contributed by atoms with van der Waals surface area (Å²) in [5.74, 6) is -1.88. The van der Waals surface area contributed by atoms with Crippen molar-refractivity contribution in [2.24, 2.45) is 0 Å². The highest BCUT2D eigenvalue weighted by Crippen LogP contribution is 2.40. The minimum absolute atomic E-state index is 0.210. The zero-order valence-electron chi connectivity index (χ0n) is 19.3. The Morgan fingerprint density at radius 2 is 1.19 bits per heavy atom. The van der Waals surface area contributed by atoms with Gasteiger partial charge in [0.15, 0.2) is 0 Å². The molecule has 0 unspecified atom stereocenters. The zero-order chi connectivity index (χ0) is 25.3. The molecule has 1 aliphatic carbocycles. The predicted octanol–water partition coefficient (Wildman–Crippen LogP) is 5.18. The predicted molar refractivity (Wildman–Crippen MR) is 139 cm³/mol. The summed E-state index contributed by atoms with van der Waals surface area (Å²) in [7, 11) is 0. The highest BCUT2D eigenvalue weighted by molar-refractivity contribution is 6.42. The molecule has 1 aromatic heterocycles. The number of pyridine rings is 1. The number of imide groups is 2. The maximum absolute atomic E-state index is 13.6. The van der Waals surface area contributed by atoms with E-state index in [1.165, 1.54) is 6.20 Å². The molecule has 3 aromatic carbocycles. The molecule has 0 saturated heterocycles. The van der Waals surface area contributed by atoms with Crippen LogP contribution in [0, 0.1) is 0 Å². The Hall–Kier alpha value is -5.17. The van der Waals surface area contributed by atoms with Crippen molar-refractivity contribution in [3.05, 3.63) is 119 Å². The number of nitrogens with zero attached hydrogens (tertiary/aromatic N) is 3. The minimum Gasteiger partial charge on any atom is -0.268 e. The third-order valence-electron chi connectivity index (χ3n) is 7.00. The average Bonchev–Trinajstić information content (AvgIpc) is 3.47. The highest BCUT2D eigenvalue weighted by Gasteiger charge is 2.40. The van der Waals surface area contributed by atoms with Gasteiger partial charge >= 0.3 is 0 Å². The summed E-state index contributed by atoms with van der Waals surface area (Å²) in [5.41, 5.74) is 3.59. The van der Waals surface area contributed by atoms with E-state index in [1.54, 1.807) is 54.6 Å². The van der Waals surface area contributed by atoms with Crippen LogP contribution in [0.4, 0.5) is 11.5 Å². The topological polar surface area (TPSA) is 87.7 Å². The second kappa shape index (κ2) is 7.66. The van der Waals surface area contributed by atoms with E-state index in [9.17, 15) is 19.2 Å². The fourth-order valence-corrected chi connectivity index (χ4v) is 5.28. The van der Waals surface area contributed by atoms with Crippen LogP contribution in [0.15, 0.2) is 91.2 Å². The first-order chi connectivity index (χ1) is 18.0. The van der Waals surface area contributed by atoms with E-state index in [2.05, 4.69) is 17.1 Å². The van der Waals surface area contributed by atoms with Crippen molar-refractivity contribution in [1.82, 2.24) is 4.98 Å². The molecular formula is C30H17N3O4. The lowest BCUT2D eigenvalue weighted by molar-refractivity contribution is 0.0872. The van der Waals surface area contributed by atoms with Crippen molar-refractivity contribution in [3.63, 3.8) is 0 Å². The Morgan fingerprint density at radius 1 is 0.622 bits per heavy atom. The molecule has 0 radical (unpaired) electrons. The molecule has 3 heterocycles. The summed E-state index contributed by atoms with van der Waals surface area (Å²) < 4.78 is 0. The zero-order valence-corrected chi connectivity index (χ0v) is 19.3. The molecule has 7 nitrogen and oxygen atoms in total. The van der Waals surface area contributed by atoms with E-state index in [4.69, 9.17) is 0 Å². The van der Waals surface area contributed by atoms with Gasteiger partial charge in [-0.1, -0.05) is 36.4 Å². The number of carbonyl (C=O) groups is 4. The number of rotatable bonds is 3. The van der Waals surface area contributed by atoms with Crippen LogP contribution in [0.2, 0.25) is 0 Å². The first kappa shape index (κ1) is 21.1. The van der Waals surface area contributed by atoms with Gasteiger partial charge in [-0.2, -0.15) is 0 Å². The van der Waals surface area contributed by atoms with Crippen LogP contribution in [0.3, 0.4) is 0 Å². The van der Waals surface area contributed by atoms with E-state index >= 15 is 0 Å². The normalized spacial score (nSPS) is 16.2. The number of hydrogen-bond acceptors (Lipinski definition) is 5. The average molecular weight is 483 g/mol. The van der Waals surface area contributed by atoms with E-state index in [0.717, 1.165) is 27.4 Å². The summed E-state index contributed by atoms with van der Waals surface area (Å²) in [6.45, 7) is 0. The van der Waals surface area contributed by atoms with Gasteiger partial charge < -0.3 is 0 Å². The number of benzene rings is 3. The van der Waals surface area contributed by atoms with Crippen molar-refractivity contribution in [2.75, 3.05) is 9.80 Å². The lowest BCUT2D eigenvalue weighted by Gasteiger charge is -2.31. The summed E-state index contributed by atoms with van der Waals surface area (Å²) in [6, 6.07) is 18.5. The number of allylic oxidation sites excluding steroid dienone is 4. The Morgan fingerprint density at radius 3 is 1.68 bits per heavy atom. The van der Waals surface area contributed by atoms with Crippen molar-refractivity contribution >= 4 is 51.5 Å². The largest absolute Gasteiger partial charge is 0.268 e. The third kappa shape index (κ3) is 2.91. The van der Waals surface area contributed by atoms with Gasteiger partial charge in [-0.15, -0.1) is 0 Å². The summed E-state index contributed by atoms with van der Waals surface area (Å²) in [5, 5.41) is 0.662. The van der Waals surface area contributed by atoms with Crippen LogP contribution in [-0.2, 0) is 0 Å². The van der Waals surface area contributed by atoms with Gasteiger partial charge in [0.2, 0.25) is 0 Å². The van der Waals surface area contributed by atoms with Crippen LogP contribution < -0.4 is 9.80 Å². The standard InChI is InChI=1S/C30H17N3O4/c34-27-20-12-14-22-26-23(30(37)33(29(22)36)24-7-3-4-16-31-24)15-13-21(25(20)26)28(35)32(27)19-10-8-18(9-11-19)17-5-1-2-6-17/h1,3-16H,2H2. The van der Waals surface area contributed by atoms with Gasteiger partial charge in [-0.3, -0.25) is 19.2 Å². The monoisotopic (exact) mass is 483 g/mol. The molecule has 0 atom stereocenters. The molecule has 4 aromatic rings. The van der Waals surface area contributed by atoms with E-state index in [0.29, 0.717) is 16.5 Å². The quantitative estimate of drug-likeness (QED) is 0.375. The number of aromatic nitrogens is 1. The molecule has 0 N–H and O–H groups in total. The van der Waals surface area contributed by atoms with Crippen LogP contribution in [0.25, 0.3) is 16.3 Å². The first-order valence-corrected chi connectivity index (χ1v) is 11.8. The van der Waals surface area contributed by atoms with Gasteiger partial charge in [0.25, 0.3) is 23.6 Å². The van der Waals surface area contributed by atoms with Gasteiger partial charge in [-0.05, 0) is 66.1 Å². The molecule has 7 heteroatoms. The molecule has 2 aliphatic heterocycles. The molecule has 0 fully saturated rings. The number of anilines is 2. The maximum atomic E-state index is 13.6. The minimum atomic E-state index is -0.548. The molecule has 176 valence electrons. The molecule has 0 bridgehead atoms. The molecule has 0 saturated carbocycles. The van der Waals surface area contributed by atoms with Crippen molar-refractivity contribution in [3.8, 4) is 0 Å². The van der Waals surface area contributed by atoms with Gasteiger partial charge in [0, 0.05) is 39.2 Å². The Kier molecular flexibility index (Phi) is 4.38.